The molecule has 1 N–H and O–H groups in total. The summed E-state index contributed by atoms with van der Waals surface area (Å²) in [7, 11) is 0. The third-order valence-corrected chi connectivity index (χ3v) is 5.16. The largest absolute Gasteiger partial charge is 0.486 e. The number of carboxylic acid groups (broad SMARTS) is 1. The molecule has 1 amide bonds. The number of benzene rings is 1. The van der Waals surface area contributed by atoms with Crippen LogP contribution in [0.5, 0.6) is 5.75 Å². The highest BCUT2D eigenvalue weighted by atomic mass is 32.2. The number of aliphatic carboxylic acids is 1. The second-order valence-corrected chi connectivity index (χ2v) is 6.86. The van der Waals surface area contributed by atoms with Crippen molar-refractivity contribution < 1.29 is 19.4 Å². The van der Waals surface area contributed by atoms with Gasteiger partial charge in [-0.15, -0.1) is 10.2 Å². The number of aryl methyl sites for hydroxylation is 2. The zero-order valence-electron chi connectivity index (χ0n) is 13.3. The van der Waals surface area contributed by atoms with Crippen molar-refractivity contribution in [2.45, 2.75) is 31.0 Å². The number of hydrogen-bond acceptors (Lipinski definition) is 6. The van der Waals surface area contributed by atoms with Crippen molar-refractivity contribution in [2.75, 3.05) is 17.3 Å². The fourth-order valence-electron chi connectivity index (χ4n) is 3.10. The molecule has 0 fully saturated rings. The van der Waals surface area contributed by atoms with Crippen LogP contribution in [-0.4, -0.2) is 44.2 Å². The highest BCUT2D eigenvalue weighted by molar-refractivity contribution is 7.99. The van der Waals surface area contributed by atoms with Crippen molar-refractivity contribution in [3.05, 3.63) is 35.2 Å². The minimum Gasteiger partial charge on any atom is -0.486 e. The molecule has 0 atom stereocenters. The first-order valence-corrected chi connectivity index (χ1v) is 8.94. The maximum atomic E-state index is 12.1. The molecule has 0 saturated heterocycles. The van der Waals surface area contributed by atoms with Crippen LogP contribution < -0.4 is 9.75 Å². The summed E-state index contributed by atoms with van der Waals surface area (Å²) >= 11 is 1.24. The molecule has 0 radical (unpaired) electrons. The molecule has 1 aliphatic heterocycles. The lowest BCUT2D eigenvalue weighted by atomic mass is 10.1. The molecule has 2 heterocycles. The fourth-order valence-corrected chi connectivity index (χ4v) is 3.93. The molecule has 25 heavy (non-hydrogen) atoms. The quantitative estimate of drug-likeness (QED) is 0.849. The van der Waals surface area contributed by atoms with Gasteiger partial charge in [-0.3, -0.25) is 9.59 Å². The summed E-state index contributed by atoms with van der Waals surface area (Å²) < 4.78 is 7.25. The molecule has 1 aromatic carbocycles. The maximum absolute atomic E-state index is 12.1. The molecule has 8 nitrogen and oxygen atoms in total. The van der Waals surface area contributed by atoms with E-state index in [0.29, 0.717) is 11.0 Å². The minimum atomic E-state index is -1.09. The Morgan fingerprint density at radius 3 is 2.96 bits per heavy atom. The zero-order valence-corrected chi connectivity index (χ0v) is 14.2. The second-order valence-electron chi connectivity index (χ2n) is 5.92. The van der Waals surface area contributed by atoms with E-state index in [1.807, 2.05) is 12.1 Å². The zero-order chi connectivity index (χ0) is 17.4. The third kappa shape index (κ3) is 3.07. The molecule has 0 bridgehead atoms. The number of nitrogens with zero attached hydrogens (tertiary/aromatic N) is 4. The lowest BCUT2D eigenvalue weighted by Crippen LogP contribution is -2.48. The van der Waals surface area contributed by atoms with E-state index in [2.05, 4.69) is 16.3 Å². The maximum Gasteiger partial charge on any atom is 0.325 e. The van der Waals surface area contributed by atoms with E-state index in [4.69, 9.17) is 9.84 Å². The van der Waals surface area contributed by atoms with Gasteiger partial charge in [-0.1, -0.05) is 17.8 Å². The lowest BCUT2D eigenvalue weighted by molar-refractivity contribution is -0.137. The first-order chi connectivity index (χ1) is 12.1. The number of carbonyl (C=O) groups is 2. The molecule has 130 valence electrons. The molecular formula is C16H16N4O4S. The van der Waals surface area contributed by atoms with Crippen LogP contribution in [0.2, 0.25) is 0 Å². The van der Waals surface area contributed by atoms with Gasteiger partial charge in [0.05, 0.1) is 5.75 Å². The summed E-state index contributed by atoms with van der Waals surface area (Å²) in [6, 6.07) is 6.03. The Kier molecular flexibility index (Phi) is 4.08. The first-order valence-electron chi connectivity index (χ1n) is 7.96. The van der Waals surface area contributed by atoms with E-state index in [0.717, 1.165) is 23.6 Å². The van der Waals surface area contributed by atoms with Crippen LogP contribution in [0.15, 0.2) is 23.4 Å². The van der Waals surface area contributed by atoms with Crippen LogP contribution in [0.25, 0.3) is 0 Å². The van der Waals surface area contributed by atoms with Gasteiger partial charge in [0.15, 0.2) is 5.82 Å². The van der Waals surface area contributed by atoms with Gasteiger partial charge < -0.3 is 9.84 Å². The molecule has 1 aliphatic carbocycles. The predicted molar refractivity (Wildman–Crippen MR) is 89.3 cm³/mol. The van der Waals surface area contributed by atoms with E-state index in [9.17, 15) is 9.59 Å². The van der Waals surface area contributed by atoms with Crippen LogP contribution in [-0.2, 0) is 29.0 Å². The Balaban J connectivity index is 1.55. The number of hydrogen-bond donors (Lipinski definition) is 1. The Morgan fingerprint density at radius 2 is 2.12 bits per heavy atom. The van der Waals surface area contributed by atoms with Gasteiger partial charge in [-0.25, -0.2) is 9.69 Å². The van der Waals surface area contributed by atoms with Crippen LogP contribution in [0, 0.1) is 0 Å². The molecular weight excluding hydrogens is 344 g/mol. The molecule has 1 aromatic heterocycles. The number of rotatable bonds is 5. The molecule has 0 unspecified atom stereocenters. The van der Waals surface area contributed by atoms with Crippen molar-refractivity contribution in [2.24, 2.45) is 0 Å². The summed E-state index contributed by atoms with van der Waals surface area (Å²) in [6.45, 7) is -0.327. The monoisotopic (exact) mass is 360 g/mol. The standard InChI is InChI=1S/C16H16N4O4S/c21-14-9-25-16-18-17-13(20(16)19(14)7-15(22)23)8-24-12-5-4-10-2-1-3-11(10)6-12/h4-6H,1-3,7-9H2,(H,22,23). The third-order valence-electron chi connectivity index (χ3n) is 4.25. The number of amides is 1. The molecule has 0 spiro atoms. The number of carbonyl (C=O) groups excluding carboxylic acids is 1. The van der Waals surface area contributed by atoms with Crippen molar-refractivity contribution >= 4 is 23.6 Å². The fraction of sp³-hybridized carbons (Fsp3) is 0.375. The smallest absolute Gasteiger partial charge is 0.325 e. The number of ether oxygens (including phenoxy) is 1. The van der Waals surface area contributed by atoms with Crippen LogP contribution in [0.1, 0.15) is 23.4 Å². The van der Waals surface area contributed by atoms with Gasteiger partial charge in [-0.2, -0.15) is 0 Å². The van der Waals surface area contributed by atoms with Crippen LogP contribution in [0.4, 0.5) is 0 Å². The van der Waals surface area contributed by atoms with Gasteiger partial charge in [0, 0.05) is 0 Å². The van der Waals surface area contributed by atoms with Gasteiger partial charge in [0.25, 0.3) is 5.91 Å². The van der Waals surface area contributed by atoms with E-state index < -0.39 is 12.5 Å². The summed E-state index contributed by atoms with van der Waals surface area (Å²) in [4.78, 5) is 23.1. The Bertz CT molecular complexity index is 851. The topological polar surface area (TPSA) is 97.6 Å². The van der Waals surface area contributed by atoms with E-state index in [1.165, 1.54) is 34.0 Å². The second kappa shape index (κ2) is 6.40. The molecule has 0 saturated carbocycles. The van der Waals surface area contributed by atoms with Crippen molar-refractivity contribution in [3.63, 3.8) is 0 Å². The summed E-state index contributed by atoms with van der Waals surface area (Å²) in [5.74, 6) is -0.101. The first kappa shape index (κ1) is 15.9. The average molecular weight is 360 g/mol. The van der Waals surface area contributed by atoms with Crippen molar-refractivity contribution in [3.8, 4) is 5.75 Å². The number of fused-ring (bicyclic) bond motifs is 2. The Morgan fingerprint density at radius 1 is 1.28 bits per heavy atom. The van der Waals surface area contributed by atoms with Gasteiger partial charge in [0.2, 0.25) is 5.16 Å². The highest BCUT2D eigenvalue weighted by Crippen LogP contribution is 2.27. The van der Waals surface area contributed by atoms with E-state index in [-0.39, 0.29) is 18.3 Å². The molecule has 4 rings (SSSR count). The summed E-state index contributed by atoms with van der Waals surface area (Å²) in [6.07, 6.45) is 3.33. The Labute approximate surface area is 147 Å². The number of thioether (sulfide) groups is 1. The normalized spacial score (nSPS) is 15.8. The molecule has 2 aliphatic rings. The summed E-state index contributed by atoms with van der Waals surface area (Å²) in [5, 5.41) is 18.8. The van der Waals surface area contributed by atoms with Crippen molar-refractivity contribution in [1.82, 2.24) is 14.9 Å². The van der Waals surface area contributed by atoms with Gasteiger partial charge >= 0.3 is 5.97 Å². The van der Waals surface area contributed by atoms with Crippen LogP contribution >= 0.6 is 11.8 Å². The SMILES string of the molecule is O=C(O)CN1C(=O)CSc2nnc(COc3ccc4c(c3)CCC4)n21. The van der Waals surface area contributed by atoms with E-state index in [1.54, 1.807) is 0 Å². The highest BCUT2D eigenvalue weighted by Gasteiger charge is 2.30. The number of carboxylic acids is 1. The van der Waals surface area contributed by atoms with Crippen molar-refractivity contribution in [1.29, 1.82) is 0 Å². The summed E-state index contributed by atoms with van der Waals surface area (Å²) in [5.41, 5.74) is 2.67. The predicted octanol–water partition coefficient (Wildman–Crippen LogP) is 1.00. The van der Waals surface area contributed by atoms with Gasteiger partial charge in [0.1, 0.15) is 18.9 Å². The molecule has 9 heteroatoms. The Hall–Kier alpha value is -2.55. The van der Waals surface area contributed by atoms with E-state index >= 15 is 0 Å². The van der Waals surface area contributed by atoms with Gasteiger partial charge in [-0.05, 0) is 42.5 Å². The lowest BCUT2D eigenvalue weighted by Gasteiger charge is -2.27. The average Bonchev–Trinajstić information content (AvgIpc) is 3.21. The molecule has 2 aromatic rings. The minimum absolute atomic E-state index is 0.107. The number of aromatic nitrogens is 3. The van der Waals surface area contributed by atoms with Crippen LogP contribution in [0.3, 0.4) is 0 Å².